The number of amides is 1. The molecular formula is C20H20N2OS. The fourth-order valence-electron chi connectivity index (χ4n) is 3.36. The summed E-state index contributed by atoms with van der Waals surface area (Å²) in [5, 5.41) is 6.47. The minimum absolute atomic E-state index is 0.157. The maximum atomic E-state index is 12.5. The van der Waals surface area contributed by atoms with Crippen LogP contribution in [-0.4, -0.2) is 28.9 Å². The molecule has 0 bridgehead atoms. The number of thioether (sulfide) groups is 1. The lowest BCUT2D eigenvalue weighted by atomic mass is 9.90. The Morgan fingerprint density at radius 3 is 2.75 bits per heavy atom. The van der Waals surface area contributed by atoms with Crippen LogP contribution in [0.5, 0.6) is 0 Å². The quantitative estimate of drug-likeness (QED) is 0.849. The molecular weight excluding hydrogens is 316 g/mol. The van der Waals surface area contributed by atoms with Gasteiger partial charge in [-0.15, -0.1) is 11.8 Å². The molecule has 3 nitrogen and oxygen atoms in total. The molecule has 2 aromatic carbocycles. The zero-order valence-corrected chi connectivity index (χ0v) is 14.3. The van der Waals surface area contributed by atoms with E-state index in [-0.39, 0.29) is 11.8 Å². The number of carbonyl (C=O) groups is 1. The molecule has 0 saturated carbocycles. The summed E-state index contributed by atoms with van der Waals surface area (Å²) in [6.45, 7) is 0.647. The van der Waals surface area contributed by atoms with Gasteiger partial charge in [0.05, 0.1) is 5.71 Å². The van der Waals surface area contributed by atoms with Crippen LogP contribution in [0.25, 0.3) is 0 Å². The first-order valence-corrected chi connectivity index (χ1v) is 9.45. The number of nitrogens with zero attached hydrogens (tertiary/aromatic N) is 2. The lowest BCUT2D eigenvalue weighted by Crippen LogP contribution is -2.38. The van der Waals surface area contributed by atoms with Gasteiger partial charge in [0.2, 0.25) is 5.91 Å². The summed E-state index contributed by atoms with van der Waals surface area (Å²) in [6.07, 6.45) is 2.45. The molecule has 2 aromatic rings. The van der Waals surface area contributed by atoms with Gasteiger partial charge in [0.25, 0.3) is 0 Å². The van der Waals surface area contributed by atoms with Crippen LogP contribution in [-0.2, 0) is 11.2 Å². The van der Waals surface area contributed by atoms with E-state index in [1.165, 1.54) is 16.0 Å². The van der Waals surface area contributed by atoms with Crippen molar-refractivity contribution in [3.8, 4) is 0 Å². The number of carbonyl (C=O) groups excluding carboxylic acids is 1. The Morgan fingerprint density at radius 1 is 1.08 bits per heavy atom. The predicted octanol–water partition coefficient (Wildman–Crippen LogP) is 3.98. The molecule has 1 atom stereocenters. The Bertz CT molecular complexity index is 772. The molecule has 0 radical (unpaired) electrons. The van der Waals surface area contributed by atoms with E-state index < -0.39 is 0 Å². The van der Waals surface area contributed by atoms with Gasteiger partial charge >= 0.3 is 0 Å². The standard InChI is InChI=1S/C20H20N2OS/c23-19-14-16-11-13-24-18-9-5-4-8-17(18)20(16)21-22(19)12-10-15-6-2-1-3-7-15/h1-9,16H,10-14H2. The van der Waals surface area contributed by atoms with Crippen LogP contribution >= 0.6 is 11.8 Å². The maximum Gasteiger partial charge on any atom is 0.243 e. The number of benzene rings is 2. The Hall–Kier alpha value is -2.07. The van der Waals surface area contributed by atoms with Crippen molar-refractivity contribution in [1.82, 2.24) is 5.01 Å². The third-order valence-corrected chi connectivity index (χ3v) is 5.77. The van der Waals surface area contributed by atoms with E-state index in [2.05, 4.69) is 36.4 Å². The second-order valence-electron chi connectivity index (χ2n) is 6.27. The van der Waals surface area contributed by atoms with Gasteiger partial charge in [0.1, 0.15) is 0 Å². The first kappa shape index (κ1) is 15.5. The average molecular weight is 336 g/mol. The highest BCUT2D eigenvalue weighted by atomic mass is 32.2. The molecule has 0 spiro atoms. The molecule has 0 fully saturated rings. The highest BCUT2D eigenvalue weighted by Crippen LogP contribution is 2.35. The SMILES string of the molecule is O=C1CC2CCSc3ccccc3C2=NN1CCc1ccccc1. The second kappa shape index (κ2) is 6.81. The number of fused-ring (bicyclic) bond motifs is 3. The van der Waals surface area contributed by atoms with Crippen LogP contribution in [0.2, 0.25) is 0 Å². The van der Waals surface area contributed by atoms with Crippen LogP contribution in [0, 0.1) is 5.92 Å². The minimum Gasteiger partial charge on any atom is -0.273 e. The topological polar surface area (TPSA) is 32.7 Å². The van der Waals surface area contributed by atoms with Crippen LogP contribution < -0.4 is 0 Å². The average Bonchev–Trinajstić information content (AvgIpc) is 2.79. The molecule has 0 aromatic heterocycles. The molecule has 4 rings (SSSR count). The normalized spacial score (nSPS) is 20.0. The molecule has 4 heteroatoms. The Balaban J connectivity index is 1.61. The van der Waals surface area contributed by atoms with Crippen molar-refractivity contribution in [2.24, 2.45) is 11.0 Å². The van der Waals surface area contributed by atoms with Crippen LogP contribution in [0.1, 0.15) is 24.0 Å². The largest absolute Gasteiger partial charge is 0.273 e. The fraction of sp³-hybridized carbons (Fsp3) is 0.300. The van der Waals surface area contributed by atoms with Crippen LogP contribution in [0.4, 0.5) is 0 Å². The van der Waals surface area contributed by atoms with E-state index in [9.17, 15) is 4.79 Å². The van der Waals surface area contributed by atoms with E-state index in [0.29, 0.717) is 13.0 Å². The second-order valence-corrected chi connectivity index (χ2v) is 7.41. The molecule has 2 heterocycles. The van der Waals surface area contributed by atoms with Gasteiger partial charge in [0.15, 0.2) is 0 Å². The number of hydrazone groups is 1. The summed E-state index contributed by atoms with van der Waals surface area (Å²) < 4.78 is 0. The summed E-state index contributed by atoms with van der Waals surface area (Å²) >= 11 is 1.88. The molecule has 2 aliphatic heterocycles. The van der Waals surface area contributed by atoms with E-state index in [1.54, 1.807) is 5.01 Å². The molecule has 0 aliphatic carbocycles. The van der Waals surface area contributed by atoms with E-state index in [1.807, 2.05) is 30.0 Å². The molecule has 0 N–H and O–H groups in total. The number of hydrogen-bond acceptors (Lipinski definition) is 3. The first-order valence-electron chi connectivity index (χ1n) is 8.46. The highest BCUT2D eigenvalue weighted by molar-refractivity contribution is 7.99. The lowest BCUT2D eigenvalue weighted by molar-refractivity contribution is -0.132. The third kappa shape index (κ3) is 3.11. The lowest BCUT2D eigenvalue weighted by Gasteiger charge is -2.29. The van der Waals surface area contributed by atoms with Gasteiger partial charge in [-0.2, -0.15) is 5.10 Å². The minimum atomic E-state index is 0.157. The highest BCUT2D eigenvalue weighted by Gasteiger charge is 2.32. The summed E-state index contributed by atoms with van der Waals surface area (Å²) in [7, 11) is 0. The van der Waals surface area contributed by atoms with Crippen LogP contribution in [0.15, 0.2) is 64.6 Å². The Morgan fingerprint density at radius 2 is 1.88 bits per heavy atom. The van der Waals surface area contributed by atoms with Crippen molar-refractivity contribution >= 4 is 23.4 Å². The zero-order chi connectivity index (χ0) is 16.4. The van der Waals surface area contributed by atoms with Gasteiger partial charge in [-0.1, -0.05) is 48.5 Å². The molecule has 24 heavy (non-hydrogen) atoms. The number of rotatable bonds is 3. The third-order valence-electron chi connectivity index (χ3n) is 4.67. The summed E-state index contributed by atoms with van der Waals surface area (Å²) in [5.41, 5.74) is 3.55. The van der Waals surface area contributed by atoms with Gasteiger partial charge in [-0.05, 0) is 30.2 Å². The number of hydrogen-bond donors (Lipinski definition) is 0. The summed E-state index contributed by atoms with van der Waals surface area (Å²) in [6, 6.07) is 18.7. The van der Waals surface area contributed by atoms with Gasteiger partial charge < -0.3 is 0 Å². The monoisotopic (exact) mass is 336 g/mol. The predicted molar refractivity (Wildman–Crippen MR) is 98.3 cm³/mol. The van der Waals surface area contributed by atoms with Crippen molar-refractivity contribution in [2.45, 2.75) is 24.2 Å². The Kier molecular flexibility index (Phi) is 4.39. The molecule has 0 saturated heterocycles. The first-order chi connectivity index (χ1) is 11.8. The van der Waals surface area contributed by atoms with Gasteiger partial charge in [-0.25, -0.2) is 5.01 Å². The Labute approximate surface area is 146 Å². The summed E-state index contributed by atoms with van der Waals surface area (Å²) in [5.74, 6) is 1.48. The van der Waals surface area contributed by atoms with E-state index in [4.69, 9.17) is 5.10 Å². The smallest absolute Gasteiger partial charge is 0.243 e. The maximum absolute atomic E-state index is 12.5. The van der Waals surface area contributed by atoms with Crippen LogP contribution in [0.3, 0.4) is 0 Å². The molecule has 1 unspecified atom stereocenters. The zero-order valence-electron chi connectivity index (χ0n) is 13.5. The van der Waals surface area contributed by atoms with Crippen molar-refractivity contribution in [3.63, 3.8) is 0 Å². The fourth-order valence-corrected chi connectivity index (χ4v) is 4.49. The van der Waals surface area contributed by atoms with Gasteiger partial charge in [0, 0.05) is 29.3 Å². The summed E-state index contributed by atoms with van der Waals surface area (Å²) in [4.78, 5) is 13.8. The van der Waals surface area contributed by atoms with Crippen molar-refractivity contribution < 1.29 is 4.79 Å². The van der Waals surface area contributed by atoms with Crippen molar-refractivity contribution in [2.75, 3.05) is 12.3 Å². The molecule has 2 aliphatic rings. The van der Waals surface area contributed by atoms with Gasteiger partial charge in [-0.3, -0.25) is 4.79 Å². The molecule has 1 amide bonds. The molecule has 122 valence electrons. The van der Waals surface area contributed by atoms with Crippen molar-refractivity contribution in [3.05, 3.63) is 65.7 Å². The van der Waals surface area contributed by atoms with E-state index in [0.717, 1.165) is 24.3 Å². The van der Waals surface area contributed by atoms with Crippen molar-refractivity contribution in [1.29, 1.82) is 0 Å². The van der Waals surface area contributed by atoms with E-state index >= 15 is 0 Å².